The monoisotopic (exact) mass is 393 g/mol. The quantitative estimate of drug-likeness (QED) is 0.543. The smallest absolute Gasteiger partial charge is 0.269 e. The van der Waals surface area contributed by atoms with Gasteiger partial charge in [-0.15, -0.1) is 0 Å². The van der Waals surface area contributed by atoms with Crippen molar-refractivity contribution in [2.45, 2.75) is 11.8 Å². The highest BCUT2D eigenvalue weighted by Crippen LogP contribution is 2.20. The lowest BCUT2D eigenvalue weighted by Crippen LogP contribution is -2.37. The summed E-state index contributed by atoms with van der Waals surface area (Å²) in [5.41, 5.74) is 0.260. The van der Waals surface area contributed by atoms with Gasteiger partial charge in [0, 0.05) is 30.4 Å². The summed E-state index contributed by atoms with van der Waals surface area (Å²) in [4.78, 5) is 22.2. The minimum atomic E-state index is -3.97. The maximum Gasteiger partial charge on any atom is 0.269 e. The Kier molecular flexibility index (Phi) is 6.48. The summed E-state index contributed by atoms with van der Waals surface area (Å²) in [5, 5.41) is 13.3. The van der Waals surface area contributed by atoms with Gasteiger partial charge in [0.25, 0.3) is 5.69 Å². The van der Waals surface area contributed by atoms with Crippen molar-refractivity contribution in [1.82, 2.24) is 4.31 Å². The van der Waals surface area contributed by atoms with Crippen LogP contribution in [-0.4, -0.2) is 43.8 Å². The second kappa shape index (κ2) is 8.60. The number of benzene rings is 2. The number of sulfonamides is 1. The molecule has 0 spiro atoms. The third-order valence-corrected chi connectivity index (χ3v) is 5.65. The molecule has 2 aromatic carbocycles. The number of nitrogens with zero attached hydrogens (tertiary/aromatic N) is 2. The summed E-state index contributed by atoms with van der Waals surface area (Å²) in [6.45, 7) is 1.26. The lowest BCUT2D eigenvalue weighted by atomic mass is 10.3. The summed E-state index contributed by atoms with van der Waals surface area (Å²) in [7, 11) is -2.47. The minimum absolute atomic E-state index is 0.0604. The van der Waals surface area contributed by atoms with E-state index in [1.807, 2.05) is 0 Å². The molecule has 0 bridgehead atoms. The molecule has 2 aromatic rings. The van der Waals surface area contributed by atoms with E-state index < -0.39 is 27.4 Å². The van der Waals surface area contributed by atoms with Crippen molar-refractivity contribution < 1.29 is 22.9 Å². The van der Waals surface area contributed by atoms with Gasteiger partial charge in [-0.1, -0.05) is 13.0 Å². The molecule has 0 saturated carbocycles. The van der Waals surface area contributed by atoms with E-state index in [1.165, 1.54) is 7.11 Å². The molecule has 0 radical (unpaired) electrons. The first-order valence-corrected chi connectivity index (χ1v) is 9.40. The zero-order chi connectivity index (χ0) is 20.0. The van der Waals surface area contributed by atoms with Crippen molar-refractivity contribution in [3.05, 3.63) is 58.6 Å². The molecule has 0 unspecified atom stereocenters. The molecule has 9 nitrogen and oxygen atoms in total. The van der Waals surface area contributed by atoms with E-state index in [1.54, 1.807) is 31.2 Å². The highest BCUT2D eigenvalue weighted by Gasteiger charge is 2.26. The van der Waals surface area contributed by atoms with Gasteiger partial charge in [-0.25, -0.2) is 8.42 Å². The van der Waals surface area contributed by atoms with E-state index in [2.05, 4.69) is 5.32 Å². The molecule has 0 heterocycles. The molecular weight excluding hydrogens is 374 g/mol. The Hall–Kier alpha value is -2.98. The van der Waals surface area contributed by atoms with Gasteiger partial charge in [-0.3, -0.25) is 14.9 Å². The average molecular weight is 393 g/mol. The second-order valence-corrected chi connectivity index (χ2v) is 7.40. The number of nitrogens with one attached hydrogen (secondary N) is 1. The predicted octanol–water partition coefficient (Wildman–Crippen LogP) is 2.25. The Balaban J connectivity index is 2.14. The first kappa shape index (κ1) is 20.3. The number of methoxy groups -OCH3 is 1. The van der Waals surface area contributed by atoms with Crippen molar-refractivity contribution in [3.63, 3.8) is 0 Å². The third-order valence-electron chi connectivity index (χ3n) is 3.71. The molecule has 10 heteroatoms. The van der Waals surface area contributed by atoms with E-state index >= 15 is 0 Å². The van der Waals surface area contributed by atoms with Gasteiger partial charge in [0.05, 0.1) is 23.5 Å². The highest BCUT2D eigenvalue weighted by molar-refractivity contribution is 7.89. The van der Waals surface area contributed by atoms with Crippen molar-refractivity contribution in [2.75, 3.05) is 25.5 Å². The number of carbonyl (C=O) groups is 1. The van der Waals surface area contributed by atoms with Gasteiger partial charge >= 0.3 is 0 Å². The van der Waals surface area contributed by atoms with Crippen molar-refractivity contribution >= 4 is 27.3 Å². The topological polar surface area (TPSA) is 119 Å². The lowest BCUT2D eigenvalue weighted by molar-refractivity contribution is -0.384. The molecule has 27 heavy (non-hydrogen) atoms. The molecule has 0 fully saturated rings. The maximum absolute atomic E-state index is 12.7. The lowest BCUT2D eigenvalue weighted by Gasteiger charge is -2.20. The number of amides is 1. The van der Waals surface area contributed by atoms with Crippen molar-refractivity contribution in [3.8, 4) is 5.75 Å². The van der Waals surface area contributed by atoms with Crippen LogP contribution in [0.3, 0.4) is 0 Å². The Bertz CT molecular complexity index is 928. The number of ether oxygens (including phenoxy) is 1. The van der Waals surface area contributed by atoms with Gasteiger partial charge in [0.2, 0.25) is 15.9 Å². The second-order valence-electron chi connectivity index (χ2n) is 5.46. The van der Waals surface area contributed by atoms with E-state index in [0.29, 0.717) is 11.4 Å². The van der Waals surface area contributed by atoms with E-state index in [9.17, 15) is 23.3 Å². The number of non-ortho nitro benzene ring substituents is 1. The average Bonchev–Trinajstić information content (AvgIpc) is 2.66. The fraction of sp³-hybridized carbons (Fsp3) is 0.235. The number of anilines is 1. The minimum Gasteiger partial charge on any atom is -0.497 e. The zero-order valence-electron chi connectivity index (χ0n) is 14.8. The molecule has 0 aliphatic heterocycles. The largest absolute Gasteiger partial charge is 0.497 e. The Morgan fingerprint density at radius 1 is 1.22 bits per heavy atom. The third kappa shape index (κ3) is 5.02. The van der Waals surface area contributed by atoms with E-state index in [-0.39, 0.29) is 17.1 Å². The van der Waals surface area contributed by atoms with Crippen LogP contribution in [0.5, 0.6) is 5.75 Å². The molecule has 0 aliphatic carbocycles. The molecule has 2 rings (SSSR count). The van der Waals surface area contributed by atoms with Crippen LogP contribution < -0.4 is 10.1 Å². The Labute approximate surface area is 156 Å². The highest BCUT2D eigenvalue weighted by atomic mass is 32.2. The van der Waals surface area contributed by atoms with Crippen molar-refractivity contribution in [2.24, 2.45) is 0 Å². The number of nitro benzene ring substituents is 1. The molecule has 0 aromatic heterocycles. The molecule has 0 atom stereocenters. The summed E-state index contributed by atoms with van der Waals surface area (Å²) >= 11 is 0. The van der Waals surface area contributed by atoms with Crippen LogP contribution in [0.2, 0.25) is 0 Å². The van der Waals surface area contributed by atoms with E-state index in [4.69, 9.17) is 4.74 Å². The molecule has 144 valence electrons. The van der Waals surface area contributed by atoms with Gasteiger partial charge in [-0.2, -0.15) is 4.31 Å². The predicted molar refractivity (Wildman–Crippen MR) is 99.2 cm³/mol. The Morgan fingerprint density at radius 3 is 2.44 bits per heavy atom. The van der Waals surface area contributed by atoms with Gasteiger partial charge in [0.15, 0.2) is 0 Å². The van der Waals surface area contributed by atoms with Crippen LogP contribution in [0.4, 0.5) is 11.4 Å². The molecule has 0 saturated heterocycles. The molecular formula is C17H19N3O6S. The number of hydrogen-bond acceptors (Lipinski definition) is 6. The Morgan fingerprint density at radius 2 is 1.89 bits per heavy atom. The standard InChI is InChI=1S/C17H19N3O6S/c1-3-19(12-17(21)18-13-5-4-6-15(11-13)26-2)27(24,25)16-9-7-14(8-10-16)20(22)23/h4-11H,3,12H2,1-2H3,(H,18,21). The molecule has 1 N–H and O–H groups in total. The van der Waals surface area contributed by atoms with E-state index in [0.717, 1.165) is 28.6 Å². The summed E-state index contributed by atoms with van der Waals surface area (Å²) in [5.74, 6) is 0.0363. The SMILES string of the molecule is CCN(CC(=O)Nc1cccc(OC)c1)S(=O)(=O)c1ccc([N+](=O)[O-])cc1. The first-order valence-electron chi connectivity index (χ1n) is 7.96. The molecule has 1 amide bonds. The fourth-order valence-corrected chi connectivity index (χ4v) is 3.72. The maximum atomic E-state index is 12.7. The van der Waals surface area contributed by atoms with Crippen LogP contribution in [0.1, 0.15) is 6.92 Å². The number of rotatable bonds is 8. The van der Waals surface area contributed by atoms with Crippen LogP contribution in [0.25, 0.3) is 0 Å². The van der Waals surface area contributed by atoms with Gasteiger partial charge in [-0.05, 0) is 24.3 Å². The first-order chi connectivity index (χ1) is 12.8. The summed E-state index contributed by atoms with van der Waals surface area (Å²) < 4.78 is 31.4. The van der Waals surface area contributed by atoms with Crippen LogP contribution >= 0.6 is 0 Å². The number of nitro groups is 1. The zero-order valence-corrected chi connectivity index (χ0v) is 15.6. The van der Waals surface area contributed by atoms with Gasteiger partial charge in [0.1, 0.15) is 5.75 Å². The fourth-order valence-electron chi connectivity index (χ4n) is 2.32. The van der Waals surface area contributed by atoms with Crippen LogP contribution in [0.15, 0.2) is 53.4 Å². The van der Waals surface area contributed by atoms with Crippen LogP contribution in [-0.2, 0) is 14.8 Å². The number of hydrogen-bond donors (Lipinski definition) is 1. The number of likely N-dealkylation sites (N-methyl/N-ethyl adjacent to an activating group) is 1. The normalized spacial score (nSPS) is 11.2. The van der Waals surface area contributed by atoms with Gasteiger partial charge < -0.3 is 10.1 Å². The van der Waals surface area contributed by atoms with Crippen LogP contribution in [0, 0.1) is 10.1 Å². The summed E-state index contributed by atoms with van der Waals surface area (Å²) in [6, 6.07) is 11.2. The summed E-state index contributed by atoms with van der Waals surface area (Å²) in [6.07, 6.45) is 0. The van der Waals surface area contributed by atoms with Crippen molar-refractivity contribution in [1.29, 1.82) is 0 Å². The molecule has 0 aliphatic rings. The number of carbonyl (C=O) groups excluding carboxylic acids is 1.